The van der Waals surface area contributed by atoms with Crippen molar-refractivity contribution < 1.29 is 14.3 Å². The second kappa shape index (κ2) is 8.94. The first-order valence-electron chi connectivity index (χ1n) is 8.67. The van der Waals surface area contributed by atoms with Crippen molar-refractivity contribution in [3.8, 4) is 0 Å². The standard InChI is InChI=1S/C19H28N2O3/c1-15-9-12-20(13-10-15)14-11-18(24-3)19(23)21(16(2)22)17-7-5-4-6-8-17/h4-8,15,18H,9-14H2,1-3H3. The average Bonchev–Trinajstić information content (AvgIpc) is 2.58. The minimum atomic E-state index is -0.603. The van der Waals surface area contributed by atoms with Crippen LogP contribution < -0.4 is 4.90 Å². The minimum absolute atomic E-state index is 0.290. The summed E-state index contributed by atoms with van der Waals surface area (Å²) in [6.45, 7) is 6.65. The molecular weight excluding hydrogens is 304 g/mol. The fraction of sp³-hybridized carbons (Fsp3) is 0.579. The summed E-state index contributed by atoms with van der Waals surface area (Å²) in [5.41, 5.74) is 0.587. The lowest BCUT2D eigenvalue weighted by molar-refractivity contribution is -0.132. The molecule has 24 heavy (non-hydrogen) atoms. The van der Waals surface area contributed by atoms with Crippen LogP contribution >= 0.6 is 0 Å². The molecular formula is C19H28N2O3. The third-order valence-electron chi connectivity index (χ3n) is 4.69. The highest BCUT2D eigenvalue weighted by Gasteiger charge is 2.29. The molecule has 2 rings (SSSR count). The third kappa shape index (κ3) is 4.89. The van der Waals surface area contributed by atoms with Crippen LogP contribution in [0.15, 0.2) is 30.3 Å². The van der Waals surface area contributed by atoms with Crippen LogP contribution in [0.2, 0.25) is 0 Å². The summed E-state index contributed by atoms with van der Waals surface area (Å²) < 4.78 is 5.41. The number of likely N-dealkylation sites (tertiary alicyclic amines) is 1. The van der Waals surface area contributed by atoms with Crippen molar-refractivity contribution in [3.05, 3.63) is 30.3 Å². The number of carbonyl (C=O) groups is 2. The first-order valence-corrected chi connectivity index (χ1v) is 8.67. The molecule has 5 heteroatoms. The zero-order chi connectivity index (χ0) is 17.5. The van der Waals surface area contributed by atoms with E-state index in [9.17, 15) is 9.59 Å². The molecule has 1 aliphatic heterocycles. The molecule has 1 aromatic carbocycles. The molecule has 0 spiro atoms. The number of carbonyl (C=O) groups excluding carboxylic acids is 2. The Hall–Kier alpha value is -1.72. The van der Waals surface area contributed by atoms with E-state index in [0.717, 1.165) is 25.6 Å². The lowest BCUT2D eigenvalue weighted by atomic mass is 9.99. The number of hydrogen-bond donors (Lipinski definition) is 0. The normalized spacial score (nSPS) is 17.5. The van der Waals surface area contributed by atoms with E-state index in [1.54, 1.807) is 12.1 Å². The van der Waals surface area contributed by atoms with Crippen LogP contribution in [0.1, 0.15) is 33.1 Å². The number of piperidine rings is 1. The third-order valence-corrected chi connectivity index (χ3v) is 4.69. The van der Waals surface area contributed by atoms with Gasteiger partial charge in [-0.1, -0.05) is 25.1 Å². The van der Waals surface area contributed by atoms with E-state index in [0.29, 0.717) is 12.1 Å². The van der Waals surface area contributed by atoms with Gasteiger partial charge in [0.2, 0.25) is 5.91 Å². The van der Waals surface area contributed by atoms with Gasteiger partial charge in [-0.15, -0.1) is 0 Å². The van der Waals surface area contributed by atoms with Crippen molar-refractivity contribution in [1.29, 1.82) is 0 Å². The lowest BCUT2D eigenvalue weighted by Crippen LogP contribution is -2.45. The van der Waals surface area contributed by atoms with Gasteiger partial charge in [0, 0.05) is 20.6 Å². The molecule has 2 amide bonds. The first-order chi connectivity index (χ1) is 11.5. The highest BCUT2D eigenvalue weighted by atomic mass is 16.5. The summed E-state index contributed by atoms with van der Waals surface area (Å²) in [6.07, 6.45) is 2.40. The maximum atomic E-state index is 12.8. The smallest absolute Gasteiger partial charge is 0.262 e. The van der Waals surface area contributed by atoms with Gasteiger partial charge in [-0.2, -0.15) is 0 Å². The average molecular weight is 332 g/mol. The Balaban J connectivity index is 1.99. The quantitative estimate of drug-likeness (QED) is 0.804. The topological polar surface area (TPSA) is 49.9 Å². The number of anilines is 1. The van der Waals surface area contributed by atoms with Gasteiger partial charge in [-0.3, -0.25) is 9.59 Å². The first kappa shape index (κ1) is 18.6. The molecule has 0 aromatic heterocycles. The van der Waals surface area contributed by atoms with Crippen LogP contribution in [0.4, 0.5) is 5.69 Å². The van der Waals surface area contributed by atoms with E-state index in [4.69, 9.17) is 4.74 Å². The Kier molecular flexibility index (Phi) is 6.94. The lowest BCUT2D eigenvalue weighted by Gasteiger charge is -2.31. The molecule has 0 N–H and O–H groups in total. The summed E-state index contributed by atoms with van der Waals surface area (Å²) in [6, 6.07) is 9.01. The molecule has 0 aliphatic carbocycles. The van der Waals surface area contributed by atoms with Crippen molar-refractivity contribution in [2.24, 2.45) is 5.92 Å². The second-order valence-corrected chi connectivity index (χ2v) is 6.57. The van der Waals surface area contributed by atoms with E-state index < -0.39 is 6.10 Å². The molecule has 1 heterocycles. The Labute approximate surface area is 144 Å². The fourth-order valence-electron chi connectivity index (χ4n) is 3.11. The highest BCUT2D eigenvalue weighted by molar-refractivity contribution is 6.15. The van der Waals surface area contributed by atoms with Crippen molar-refractivity contribution in [3.63, 3.8) is 0 Å². The molecule has 1 aliphatic rings. The summed E-state index contributed by atoms with van der Waals surface area (Å²) in [7, 11) is 1.53. The van der Waals surface area contributed by atoms with Gasteiger partial charge in [-0.05, 0) is 50.4 Å². The molecule has 0 radical (unpaired) electrons. The van der Waals surface area contributed by atoms with Gasteiger partial charge in [0.1, 0.15) is 6.10 Å². The second-order valence-electron chi connectivity index (χ2n) is 6.57. The van der Waals surface area contributed by atoms with Crippen LogP contribution in [0.25, 0.3) is 0 Å². The minimum Gasteiger partial charge on any atom is -0.372 e. The SMILES string of the molecule is COC(CCN1CCC(C)CC1)C(=O)N(C(C)=O)c1ccccc1. The van der Waals surface area contributed by atoms with Crippen molar-refractivity contribution >= 4 is 17.5 Å². The summed E-state index contributed by atoms with van der Waals surface area (Å²) in [4.78, 5) is 28.4. The van der Waals surface area contributed by atoms with E-state index in [2.05, 4.69) is 11.8 Å². The van der Waals surface area contributed by atoms with Crippen molar-refractivity contribution in [1.82, 2.24) is 4.90 Å². The number of para-hydroxylation sites is 1. The van der Waals surface area contributed by atoms with Gasteiger partial charge in [-0.25, -0.2) is 4.90 Å². The van der Waals surface area contributed by atoms with E-state index in [-0.39, 0.29) is 11.8 Å². The van der Waals surface area contributed by atoms with E-state index in [1.807, 2.05) is 18.2 Å². The molecule has 1 fully saturated rings. The number of imide groups is 1. The Morgan fingerprint density at radius 2 is 1.88 bits per heavy atom. The van der Waals surface area contributed by atoms with E-state index >= 15 is 0 Å². The molecule has 132 valence electrons. The summed E-state index contributed by atoms with van der Waals surface area (Å²) >= 11 is 0. The summed E-state index contributed by atoms with van der Waals surface area (Å²) in [5, 5.41) is 0. The zero-order valence-corrected chi connectivity index (χ0v) is 14.9. The maximum absolute atomic E-state index is 12.8. The Morgan fingerprint density at radius 3 is 2.42 bits per heavy atom. The fourth-order valence-corrected chi connectivity index (χ4v) is 3.11. The number of amides is 2. The predicted octanol–water partition coefficient (Wildman–Crippen LogP) is 2.70. The van der Waals surface area contributed by atoms with Gasteiger partial charge in [0.05, 0.1) is 5.69 Å². The molecule has 1 aromatic rings. The van der Waals surface area contributed by atoms with Gasteiger partial charge >= 0.3 is 0 Å². The number of ether oxygens (including phenoxy) is 1. The van der Waals surface area contributed by atoms with Gasteiger partial charge in [0.15, 0.2) is 0 Å². The predicted molar refractivity (Wildman–Crippen MR) is 94.9 cm³/mol. The molecule has 1 saturated heterocycles. The molecule has 0 saturated carbocycles. The number of methoxy groups -OCH3 is 1. The monoisotopic (exact) mass is 332 g/mol. The van der Waals surface area contributed by atoms with Crippen LogP contribution in [0.5, 0.6) is 0 Å². The maximum Gasteiger partial charge on any atom is 0.262 e. The number of rotatable bonds is 6. The molecule has 1 unspecified atom stereocenters. The van der Waals surface area contributed by atoms with Gasteiger partial charge < -0.3 is 9.64 Å². The van der Waals surface area contributed by atoms with Crippen LogP contribution in [-0.2, 0) is 14.3 Å². The largest absolute Gasteiger partial charge is 0.372 e. The highest BCUT2D eigenvalue weighted by Crippen LogP contribution is 2.19. The van der Waals surface area contributed by atoms with Crippen molar-refractivity contribution in [2.75, 3.05) is 31.6 Å². The van der Waals surface area contributed by atoms with Crippen LogP contribution in [0, 0.1) is 5.92 Å². The number of hydrogen-bond acceptors (Lipinski definition) is 4. The molecule has 5 nitrogen and oxygen atoms in total. The van der Waals surface area contributed by atoms with E-state index in [1.165, 1.54) is 31.8 Å². The number of nitrogens with zero attached hydrogens (tertiary/aromatic N) is 2. The van der Waals surface area contributed by atoms with Crippen molar-refractivity contribution in [2.45, 2.75) is 39.2 Å². The van der Waals surface area contributed by atoms with Crippen LogP contribution in [0.3, 0.4) is 0 Å². The summed E-state index contributed by atoms with van der Waals surface area (Å²) in [5.74, 6) is 0.203. The Morgan fingerprint density at radius 1 is 1.25 bits per heavy atom. The zero-order valence-electron chi connectivity index (χ0n) is 14.9. The number of benzene rings is 1. The molecule has 1 atom stereocenters. The van der Waals surface area contributed by atoms with Gasteiger partial charge in [0.25, 0.3) is 5.91 Å². The molecule has 0 bridgehead atoms. The Bertz CT molecular complexity index is 539. The van der Waals surface area contributed by atoms with Crippen LogP contribution in [-0.4, -0.2) is 49.6 Å².